The van der Waals surface area contributed by atoms with Crippen LogP contribution in [0.15, 0.2) is 18.2 Å². The number of rotatable bonds is 2. The Morgan fingerprint density at radius 3 is 2.31 bits per heavy atom. The van der Waals surface area contributed by atoms with Gasteiger partial charge in [0.15, 0.2) is 6.29 Å². The number of hydrogen-bond acceptors (Lipinski definition) is 3. The van der Waals surface area contributed by atoms with Crippen LogP contribution >= 0.6 is 11.3 Å². The molecule has 0 aliphatic rings. The van der Waals surface area contributed by atoms with Gasteiger partial charge in [0, 0.05) is 0 Å². The largest absolute Gasteiger partial charge is 0.296 e. The predicted molar refractivity (Wildman–Crippen MR) is 67.1 cm³/mol. The average molecular weight is 231 g/mol. The van der Waals surface area contributed by atoms with Crippen molar-refractivity contribution in [2.75, 3.05) is 0 Å². The average Bonchev–Trinajstić information content (AvgIpc) is 2.58. The minimum absolute atomic E-state index is 0.549. The van der Waals surface area contributed by atoms with Crippen molar-refractivity contribution in [1.29, 1.82) is 0 Å². The van der Waals surface area contributed by atoms with E-state index in [2.05, 4.69) is 37.0 Å². The molecule has 0 bridgehead atoms. The third-order valence-corrected chi connectivity index (χ3v) is 3.39. The van der Waals surface area contributed by atoms with Gasteiger partial charge in [0.25, 0.3) is 0 Å². The fourth-order valence-electron chi connectivity index (χ4n) is 1.84. The SMILES string of the molecule is Cc1cc(C)cc(-c2sc(C)nc2C=O)c1. The van der Waals surface area contributed by atoms with E-state index in [-0.39, 0.29) is 0 Å². The highest BCUT2D eigenvalue weighted by Crippen LogP contribution is 2.30. The number of aromatic nitrogens is 1. The first-order chi connectivity index (χ1) is 7.60. The van der Waals surface area contributed by atoms with Gasteiger partial charge < -0.3 is 0 Å². The molecular formula is C13H13NOS. The van der Waals surface area contributed by atoms with Crippen LogP contribution in [0.1, 0.15) is 26.6 Å². The van der Waals surface area contributed by atoms with Crippen LogP contribution in [0.4, 0.5) is 0 Å². The summed E-state index contributed by atoms with van der Waals surface area (Å²) >= 11 is 1.57. The molecule has 0 atom stereocenters. The Morgan fingerprint density at radius 2 is 1.75 bits per heavy atom. The van der Waals surface area contributed by atoms with Crippen LogP contribution in [-0.2, 0) is 0 Å². The summed E-state index contributed by atoms with van der Waals surface area (Å²) in [4.78, 5) is 16.1. The van der Waals surface area contributed by atoms with Crippen molar-refractivity contribution >= 4 is 17.6 Å². The first-order valence-corrected chi connectivity index (χ1v) is 5.93. The summed E-state index contributed by atoms with van der Waals surface area (Å²) in [6.45, 7) is 6.04. The quantitative estimate of drug-likeness (QED) is 0.740. The summed E-state index contributed by atoms with van der Waals surface area (Å²) < 4.78 is 0. The Kier molecular flexibility index (Phi) is 2.88. The number of hydrogen-bond donors (Lipinski definition) is 0. The van der Waals surface area contributed by atoms with E-state index >= 15 is 0 Å². The normalized spacial score (nSPS) is 10.4. The molecule has 16 heavy (non-hydrogen) atoms. The van der Waals surface area contributed by atoms with Crippen LogP contribution in [0.5, 0.6) is 0 Å². The molecule has 2 nitrogen and oxygen atoms in total. The van der Waals surface area contributed by atoms with Crippen LogP contribution in [0, 0.1) is 20.8 Å². The van der Waals surface area contributed by atoms with Gasteiger partial charge in [-0.1, -0.05) is 29.3 Å². The molecule has 0 spiro atoms. The zero-order valence-corrected chi connectivity index (χ0v) is 10.4. The van der Waals surface area contributed by atoms with Crippen LogP contribution in [0.2, 0.25) is 0 Å². The molecule has 0 aliphatic heterocycles. The molecule has 3 heteroatoms. The van der Waals surface area contributed by atoms with E-state index in [4.69, 9.17) is 0 Å². The van der Waals surface area contributed by atoms with Gasteiger partial charge in [-0.3, -0.25) is 4.79 Å². The highest BCUT2D eigenvalue weighted by Gasteiger charge is 2.10. The number of aldehydes is 1. The molecule has 0 N–H and O–H groups in total. The fourth-order valence-corrected chi connectivity index (χ4v) is 2.71. The van der Waals surface area contributed by atoms with Gasteiger partial charge in [-0.25, -0.2) is 4.98 Å². The van der Waals surface area contributed by atoms with Crippen molar-refractivity contribution in [2.24, 2.45) is 0 Å². The van der Waals surface area contributed by atoms with Gasteiger partial charge in [-0.15, -0.1) is 11.3 Å². The highest BCUT2D eigenvalue weighted by atomic mass is 32.1. The van der Waals surface area contributed by atoms with Gasteiger partial charge in [0.2, 0.25) is 0 Å². The van der Waals surface area contributed by atoms with Crippen LogP contribution in [0.25, 0.3) is 10.4 Å². The number of carbonyl (C=O) groups is 1. The van der Waals surface area contributed by atoms with Crippen LogP contribution in [0.3, 0.4) is 0 Å². The second-order valence-corrected chi connectivity index (χ2v) is 5.14. The summed E-state index contributed by atoms with van der Waals surface area (Å²) in [6, 6.07) is 6.30. The molecule has 1 heterocycles. The Bertz CT molecular complexity index is 523. The third kappa shape index (κ3) is 2.04. The number of aryl methyl sites for hydroxylation is 3. The second kappa shape index (κ2) is 4.18. The second-order valence-electron chi connectivity index (χ2n) is 3.94. The molecule has 0 saturated heterocycles. The maximum absolute atomic E-state index is 10.9. The number of carbonyl (C=O) groups excluding carboxylic acids is 1. The summed E-state index contributed by atoms with van der Waals surface area (Å²) in [7, 11) is 0. The third-order valence-electron chi connectivity index (χ3n) is 2.36. The van der Waals surface area contributed by atoms with Gasteiger partial charge in [-0.05, 0) is 26.3 Å². The molecule has 0 radical (unpaired) electrons. The van der Waals surface area contributed by atoms with Gasteiger partial charge in [0.1, 0.15) is 5.69 Å². The molecule has 0 fully saturated rings. The standard InChI is InChI=1S/C13H13NOS/c1-8-4-9(2)6-11(5-8)13-12(7-15)14-10(3)16-13/h4-7H,1-3H3. The maximum Gasteiger partial charge on any atom is 0.169 e. The Hall–Kier alpha value is -1.48. The van der Waals surface area contributed by atoms with Gasteiger partial charge in [-0.2, -0.15) is 0 Å². The molecule has 1 aromatic carbocycles. The lowest BCUT2D eigenvalue weighted by Gasteiger charge is -2.02. The Labute approximate surface area is 99.0 Å². The lowest BCUT2D eigenvalue weighted by molar-refractivity contribution is 0.112. The first kappa shape index (κ1) is 11.0. The molecule has 0 unspecified atom stereocenters. The van der Waals surface area contributed by atoms with Gasteiger partial charge >= 0.3 is 0 Å². The van der Waals surface area contributed by atoms with E-state index in [9.17, 15) is 4.79 Å². The lowest BCUT2D eigenvalue weighted by atomic mass is 10.1. The number of nitrogens with zero attached hydrogens (tertiary/aromatic N) is 1. The van der Waals surface area contributed by atoms with E-state index in [1.54, 1.807) is 11.3 Å². The van der Waals surface area contributed by atoms with Crippen LogP contribution in [-0.4, -0.2) is 11.3 Å². The monoisotopic (exact) mass is 231 g/mol. The van der Waals surface area contributed by atoms with Crippen molar-refractivity contribution in [3.8, 4) is 10.4 Å². The van der Waals surface area contributed by atoms with Crippen molar-refractivity contribution in [3.05, 3.63) is 40.0 Å². The van der Waals surface area contributed by atoms with Crippen molar-refractivity contribution < 1.29 is 4.79 Å². The topological polar surface area (TPSA) is 30.0 Å². The minimum Gasteiger partial charge on any atom is -0.296 e. The smallest absolute Gasteiger partial charge is 0.169 e. The lowest BCUT2D eigenvalue weighted by Crippen LogP contribution is -1.86. The first-order valence-electron chi connectivity index (χ1n) is 5.11. The summed E-state index contributed by atoms with van der Waals surface area (Å²) in [5.74, 6) is 0. The molecule has 1 aromatic heterocycles. The Balaban J connectivity index is 2.61. The minimum atomic E-state index is 0.549. The molecule has 82 valence electrons. The molecule has 2 aromatic rings. The summed E-state index contributed by atoms with van der Waals surface area (Å²) in [6.07, 6.45) is 0.830. The van der Waals surface area contributed by atoms with Gasteiger partial charge in [0.05, 0.1) is 9.88 Å². The van der Waals surface area contributed by atoms with Crippen molar-refractivity contribution in [1.82, 2.24) is 4.98 Å². The fraction of sp³-hybridized carbons (Fsp3) is 0.231. The molecular weight excluding hydrogens is 218 g/mol. The number of benzene rings is 1. The Morgan fingerprint density at radius 1 is 1.12 bits per heavy atom. The summed E-state index contributed by atoms with van der Waals surface area (Å²) in [5.41, 5.74) is 4.05. The predicted octanol–water partition coefficient (Wildman–Crippen LogP) is 3.55. The van der Waals surface area contributed by atoms with Crippen molar-refractivity contribution in [3.63, 3.8) is 0 Å². The highest BCUT2D eigenvalue weighted by molar-refractivity contribution is 7.15. The maximum atomic E-state index is 10.9. The zero-order chi connectivity index (χ0) is 11.7. The van der Waals surface area contributed by atoms with E-state index < -0.39 is 0 Å². The molecule has 0 saturated carbocycles. The molecule has 0 aliphatic carbocycles. The van der Waals surface area contributed by atoms with E-state index in [0.717, 1.165) is 21.7 Å². The zero-order valence-electron chi connectivity index (χ0n) is 9.57. The number of thiazole rings is 1. The van der Waals surface area contributed by atoms with E-state index in [0.29, 0.717) is 5.69 Å². The molecule has 0 amide bonds. The van der Waals surface area contributed by atoms with E-state index in [1.807, 2.05) is 6.92 Å². The summed E-state index contributed by atoms with van der Waals surface area (Å²) in [5, 5.41) is 0.927. The van der Waals surface area contributed by atoms with Crippen LogP contribution < -0.4 is 0 Å². The van der Waals surface area contributed by atoms with E-state index in [1.165, 1.54) is 11.1 Å². The van der Waals surface area contributed by atoms with Crippen molar-refractivity contribution in [2.45, 2.75) is 20.8 Å². The molecule has 2 rings (SSSR count).